The molecule has 1 atom stereocenters. The van der Waals surface area contributed by atoms with E-state index in [-0.39, 0.29) is 24.3 Å². The Bertz CT molecular complexity index is 1210. The molecule has 1 aliphatic heterocycles. The average molecular weight is 431 g/mol. The number of rotatable bonds is 4. The molecule has 1 unspecified atom stereocenters. The Balaban J connectivity index is 1.24. The highest BCUT2D eigenvalue weighted by molar-refractivity contribution is 6.09. The van der Waals surface area contributed by atoms with E-state index < -0.39 is 6.04 Å². The van der Waals surface area contributed by atoms with E-state index in [2.05, 4.69) is 20.9 Å². The van der Waals surface area contributed by atoms with E-state index >= 15 is 0 Å². The third-order valence-corrected chi connectivity index (χ3v) is 6.38. The second-order valence-electron chi connectivity index (χ2n) is 8.51. The molecule has 32 heavy (non-hydrogen) atoms. The molecule has 3 aromatic rings. The number of nitrogens with one attached hydrogen (secondary N) is 4. The lowest BCUT2D eigenvalue weighted by molar-refractivity contribution is -0.118. The summed E-state index contributed by atoms with van der Waals surface area (Å²) in [5.74, 6) is -0.762. The fourth-order valence-corrected chi connectivity index (χ4v) is 4.67. The van der Waals surface area contributed by atoms with Gasteiger partial charge < -0.3 is 20.9 Å². The van der Waals surface area contributed by atoms with E-state index in [0.717, 1.165) is 23.7 Å². The van der Waals surface area contributed by atoms with Crippen LogP contribution in [0.15, 0.2) is 42.5 Å². The first-order valence-electron chi connectivity index (χ1n) is 11.2. The van der Waals surface area contributed by atoms with Gasteiger partial charge in [-0.1, -0.05) is 18.6 Å². The van der Waals surface area contributed by atoms with Gasteiger partial charge in [0, 0.05) is 28.7 Å². The van der Waals surface area contributed by atoms with Gasteiger partial charge in [-0.2, -0.15) is 0 Å². The minimum Gasteiger partial charge on any atom is -0.358 e. The summed E-state index contributed by atoms with van der Waals surface area (Å²) in [5.41, 5.74) is 5.25. The Labute approximate surface area is 186 Å². The SMILES string of the molecule is O=C(NCCC1NC(=O)c2ccccc2NC1=O)c1ccc2[nH]c3c(c2c1)CCCCC3. The van der Waals surface area contributed by atoms with Gasteiger partial charge in [0.25, 0.3) is 11.8 Å². The van der Waals surface area contributed by atoms with E-state index in [0.29, 0.717) is 23.2 Å². The first-order valence-corrected chi connectivity index (χ1v) is 11.2. The second-order valence-corrected chi connectivity index (χ2v) is 8.51. The lowest BCUT2D eigenvalue weighted by Gasteiger charge is -2.15. The van der Waals surface area contributed by atoms with E-state index in [4.69, 9.17) is 0 Å². The maximum Gasteiger partial charge on any atom is 0.254 e. The summed E-state index contributed by atoms with van der Waals surface area (Å²) in [7, 11) is 0. The third kappa shape index (κ3) is 3.86. The number of aromatic amines is 1. The Kier molecular flexibility index (Phi) is 5.39. The number of para-hydroxylation sites is 1. The monoisotopic (exact) mass is 430 g/mol. The molecule has 0 saturated carbocycles. The van der Waals surface area contributed by atoms with E-state index in [1.54, 1.807) is 24.3 Å². The van der Waals surface area contributed by atoms with Crippen molar-refractivity contribution in [1.82, 2.24) is 15.6 Å². The van der Waals surface area contributed by atoms with Crippen LogP contribution in [-0.4, -0.2) is 35.3 Å². The van der Waals surface area contributed by atoms with E-state index in [9.17, 15) is 14.4 Å². The van der Waals surface area contributed by atoms with Crippen LogP contribution in [0.2, 0.25) is 0 Å². The van der Waals surface area contributed by atoms with Crippen molar-refractivity contribution in [2.24, 2.45) is 0 Å². The lowest BCUT2D eigenvalue weighted by atomic mass is 10.0. The van der Waals surface area contributed by atoms with E-state index in [1.807, 2.05) is 18.2 Å². The second kappa shape index (κ2) is 8.49. The summed E-state index contributed by atoms with van der Waals surface area (Å²) in [6.07, 6.45) is 6.02. The van der Waals surface area contributed by atoms with Crippen molar-refractivity contribution in [2.45, 2.75) is 44.6 Å². The number of carbonyl (C=O) groups excluding carboxylic acids is 3. The normalized spacial score (nSPS) is 18.1. The van der Waals surface area contributed by atoms with Crippen LogP contribution in [-0.2, 0) is 17.6 Å². The quantitative estimate of drug-likeness (QED) is 0.478. The molecular weight excluding hydrogens is 404 g/mol. The maximum absolute atomic E-state index is 12.8. The maximum atomic E-state index is 12.8. The molecule has 7 nitrogen and oxygen atoms in total. The number of benzene rings is 2. The molecule has 0 saturated heterocycles. The predicted octanol–water partition coefficient (Wildman–Crippen LogP) is 3.31. The molecule has 7 heteroatoms. The molecule has 5 rings (SSSR count). The van der Waals surface area contributed by atoms with Crippen molar-refractivity contribution in [2.75, 3.05) is 11.9 Å². The van der Waals surface area contributed by atoms with Gasteiger partial charge in [-0.25, -0.2) is 0 Å². The van der Waals surface area contributed by atoms with Crippen molar-refractivity contribution in [3.8, 4) is 0 Å². The zero-order chi connectivity index (χ0) is 22.1. The minimum atomic E-state index is -0.710. The molecule has 1 aliphatic carbocycles. The molecule has 4 N–H and O–H groups in total. The van der Waals surface area contributed by atoms with Gasteiger partial charge in [0.2, 0.25) is 5.91 Å². The molecule has 0 spiro atoms. The first kappa shape index (κ1) is 20.3. The fraction of sp³-hybridized carbons (Fsp3) is 0.320. The van der Waals surface area contributed by atoms with Gasteiger partial charge in [-0.3, -0.25) is 14.4 Å². The molecule has 2 heterocycles. The lowest BCUT2D eigenvalue weighted by Crippen LogP contribution is -2.43. The number of anilines is 1. The summed E-state index contributed by atoms with van der Waals surface area (Å²) in [5, 5.41) is 9.56. The Morgan fingerprint density at radius 2 is 1.88 bits per heavy atom. The number of hydrogen-bond donors (Lipinski definition) is 4. The molecular formula is C25H26N4O3. The molecule has 164 valence electrons. The molecule has 1 aromatic heterocycles. The number of aryl methyl sites for hydroxylation is 2. The Morgan fingerprint density at radius 1 is 1.03 bits per heavy atom. The molecule has 0 fully saturated rings. The van der Waals surface area contributed by atoms with Crippen molar-refractivity contribution in [3.05, 3.63) is 64.8 Å². The van der Waals surface area contributed by atoms with Crippen LogP contribution >= 0.6 is 0 Å². The smallest absolute Gasteiger partial charge is 0.254 e. The number of aromatic nitrogens is 1. The first-order chi connectivity index (χ1) is 15.6. The van der Waals surface area contributed by atoms with Crippen LogP contribution < -0.4 is 16.0 Å². The minimum absolute atomic E-state index is 0.181. The van der Waals surface area contributed by atoms with Crippen molar-refractivity contribution >= 4 is 34.3 Å². The summed E-state index contributed by atoms with van der Waals surface area (Å²) >= 11 is 0. The topological polar surface area (TPSA) is 103 Å². The summed E-state index contributed by atoms with van der Waals surface area (Å²) in [6.45, 7) is 0.275. The number of carbonyl (C=O) groups is 3. The standard InChI is InChI=1S/C25H26N4O3/c30-23(15-10-11-21-18(14-15)16-6-2-1-3-8-19(16)27-21)26-13-12-22-25(32)28-20-9-5-4-7-17(20)24(31)29-22/h4-5,7,9-11,14,22,27H,1-3,6,8,12-13H2,(H,26,30)(H,28,32)(H,29,31). The largest absolute Gasteiger partial charge is 0.358 e. The van der Waals surface area contributed by atoms with Crippen LogP contribution in [0.4, 0.5) is 5.69 Å². The summed E-state index contributed by atoms with van der Waals surface area (Å²) in [6, 6.07) is 11.9. The Hall–Kier alpha value is -3.61. The van der Waals surface area contributed by atoms with Crippen LogP contribution in [0.3, 0.4) is 0 Å². The van der Waals surface area contributed by atoms with Crippen LogP contribution in [0.5, 0.6) is 0 Å². The zero-order valence-corrected chi connectivity index (χ0v) is 17.8. The summed E-state index contributed by atoms with van der Waals surface area (Å²) < 4.78 is 0. The number of amides is 3. The predicted molar refractivity (Wildman–Crippen MR) is 123 cm³/mol. The van der Waals surface area contributed by atoms with Crippen LogP contribution in [0.1, 0.15) is 57.7 Å². The highest BCUT2D eigenvalue weighted by atomic mass is 16.2. The average Bonchev–Trinajstić information content (AvgIpc) is 2.91. The van der Waals surface area contributed by atoms with Gasteiger partial charge in [0.05, 0.1) is 11.3 Å². The van der Waals surface area contributed by atoms with Gasteiger partial charge in [0.15, 0.2) is 0 Å². The third-order valence-electron chi connectivity index (χ3n) is 6.38. The number of fused-ring (bicyclic) bond motifs is 4. The molecule has 2 aliphatic rings. The van der Waals surface area contributed by atoms with Gasteiger partial charge >= 0.3 is 0 Å². The molecule has 2 aromatic carbocycles. The zero-order valence-electron chi connectivity index (χ0n) is 17.8. The molecule has 0 radical (unpaired) electrons. The molecule has 3 amide bonds. The van der Waals surface area contributed by atoms with Crippen LogP contribution in [0, 0.1) is 0 Å². The van der Waals surface area contributed by atoms with Crippen molar-refractivity contribution in [1.29, 1.82) is 0 Å². The van der Waals surface area contributed by atoms with E-state index in [1.165, 1.54) is 30.5 Å². The molecule has 0 bridgehead atoms. The highest BCUT2D eigenvalue weighted by Crippen LogP contribution is 2.29. The van der Waals surface area contributed by atoms with Crippen LogP contribution in [0.25, 0.3) is 10.9 Å². The number of hydrogen-bond acceptors (Lipinski definition) is 3. The highest BCUT2D eigenvalue weighted by Gasteiger charge is 2.27. The van der Waals surface area contributed by atoms with Crippen molar-refractivity contribution < 1.29 is 14.4 Å². The van der Waals surface area contributed by atoms with Gasteiger partial charge in [-0.15, -0.1) is 0 Å². The van der Waals surface area contributed by atoms with Crippen molar-refractivity contribution in [3.63, 3.8) is 0 Å². The van der Waals surface area contributed by atoms with Gasteiger partial charge in [0.1, 0.15) is 6.04 Å². The fourth-order valence-electron chi connectivity index (χ4n) is 4.67. The number of H-pyrrole nitrogens is 1. The Morgan fingerprint density at radius 3 is 2.78 bits per heavy atom. The van der Waals surface area contributed by atoms with Gasteiger partial charge in [-0.05, 0) is 68.0 Å². The summed E-state index contributed by atoms with van der Waals surface area (Å²) in [4.78, 5) is 41.2.